The molecule has 1 aliphatic heterocycles. The third kappa shape index (κ3) is 3.63. The van der Waals surface area contributed by atoms with Gasteiger partial charge in [0.25, 0.3) is 0 Å². The molecule has 2 amide bonds. The Balaban J connectivity index is 1.61. The highest BCUT2D eigenvalue weighted by Crippen LogP contribution is 2.32. The van der Waals surface area contributed by atoms with Crippen molar-refractivity contribution in [1.82, 2.24) is 24.8 Å². The molecule has 0 atom stereocenters. The molecule has 0 unspecified atom stereocenters. The number of benzene rings is 1. The predicted octanol–water partition coefficient (Wildman–Crippen LogP) is 3.73. The van der Waals surface area contributed by atoms with Crippen LogP contribution in [0.25, 0.3) is 16.6 Å². The summed E-state index contributed by atoms with van der Waals surface area (Å²) in [6.07, 6.45) is 7.59. The van der Waals surface area contributed by atoms with Gasteiger partial charge in [-0.1, -0.05) is 19.1 Å². The highest BCUT2D eigenvalue weighted by molar-refractivity contribution is 5.80. The number of imidazole rings is 1. The molecule has 7 nitrogen and oxygen atoms in total. The minimum atomic E-state index is -0.0191. The van der Waals surface area contributed by atoms with Crippen LogP contribution in [0, 0.1) is 0 Å². The molecule has 7 heteroatoms. The average Bonchev–Trinajstić information content (AvgIpc) is 3.17. The van der Waals surface area contributed by atoms with Gasteiger partial charge in [0.2, 0.25) is 0 Å². The van der Waals surface area contributed by atoms with Crippen molar-refractivity contribution in [1.29, 1.82) is 0 Å². The van der Waals surface area contributed by atoms with Gasteiger partial charge in [-0.3, -0.25) is 0 Å². The number of urea groups is 1. The number of fused-ring (bicyclic) bond motifs is 1. The standard InChI is InChI=1S/C23H28N6O/c1-5-16-12-18(17-8-10-29(11-9-17)23(30)24-2)6-7-20(16)28(4)22-13-21-19(14-25-22)26-15-27(21)3/h6-8,12-15H,5,9-11H2,1-4H3,(H,24,30). The van der Waals surface area contributed by atoms with Crippen LogP contribution in [0.2, 0.25) is 0 Å². The molecule has 1 aliphatic rings. The van der Waals surface area contributed by atoms with Crippen molar-refractivity contribution in [2.45, 2.75) is 19.8 Å². The largest absolute Gasteiger partial charge is 0.341 e. The zero-order valence-electron chi connectivity index (χ0n) is 18.0. The fourth-order valence-electron chi connectivity index (χ4n) is 4.00. The molecule has 0 radical (unpaired) electrons. The monoisotopic (exact) mass is 404 g/mol. The van der Waals surface area contributed by atoms with Crippen molar-refractivity contribution >= 4 is 34.1 Å². The molecule has 4 rings (SSSR count). The van der Waals surface area contributed by atoms with Gasteiger partial charge in [-0.25, -0.2) is 14.8 Å². The summed E-state index contributed by atoms with van der Waals surface area (Å²) in [4.78, 5) is 24.8. The van der Waals surface area contributed by atoms with Crippen molar-refractivity contribution in [2.24, 2.45) is 7.05 Å². The molecule has 0 bridgehead atoms. The van der Waals surface area contributed by atoms with E-state index in [0.29, 0.717) is 6.54 Å². The number of nitrogens with one attached hydrogen (secondary N) is 1. The lowest BCUT2D eigenvalue weighted by Gasteiger charge is -2.27. The maximum absolute atomic E-state index is 11.8. The van der Waals surface area contributed by atoms with Gasteiger partial charge < -0.3 is 19.7 Å². The Kier molecular flexibility index (Phi) is 5.44. The fraction of sp³-hybridized carbons (Fsp3) is 0.348. The molecule has 3 heterocycles. The number of aryl methyl sites for hydroxylation is 2. The summed E-state index contributed by atoms with van der Waals surface area (Å²) < 4.78 is 2.01. The quantitative estimate of drug-likeness (QED) is 0.720. The van der Waals surface area contributed by atoms with Crippen LogP contribution in [-0.4, -0.2) is 52.7 Å². The molecule has 0 fully saturated rings. The minimum absolute atomic E-state index is 0.0191. The summed E-state index contributed by atoms with van der Waals surface area (Å²) in [5.41, 5.74) is 6.92. The van der Waals surface area contributed by atoms with Gasteiger partial charge in [-0.2, -0.15) is 0 Å². The highest BCUT2D eigenvalue weighted by Gasteiger charge is 2.18. The van der Waals surface area contributed by atoms with E-state index >= 15 is 0 Å². The average molecular weight is 405 g/mol. The van der Waals surface area contributed by atoms with Gasteiger partial charge in [0.1, 0.15) is 11.3 Å². The number of carbonyl (C=O) groups excluding carboxylic acids is 1. The van der Waals surface area contributed by atoms with E-state index in [0.717, 1.165) is 41.9 Å². The minimum Gasteiger partial charge on any atom is -0.341 e. The Hall–Kier alpha value is -3.35. The lowest BCUT2D eigenvalue weighted by Crippen LogP contribution is -2.40. The first-order valence-electron chi connectivity index (χ1n) is 10.3. The summed E-state index contributed by atoms with van der Waals surface area (Å²) in [7, 11) is 5.72. The first-order chi connectivity index (χ1) is 14.5. The summed E-state index contributed by atoms with van der Waals surface area (Å²) in [5.74, 6) is 0.895. The molecule has 156 valence electrons. The number of hydrogen-bond acceptors (Lipinski definition) is 4. The van der Waals surface area contributed by atoms with Gasteiger partial charge in [-0.15, -0.1) is 0 Å². The van der Waals surface area contributed by atoms with E-state index in [1.807, 2.05) is 29.0 Å². The SMILES string of the molecule is CCc1cc(C2=CCN(C(=O)NC)CC2)ccc1N(C)c1cc2c(cn1)ncn2C. The van der Waals surface area contributed by atoms with Crippen LogP contribution in [-0.2, 0) is 13.5 Å². The van der Waals surface area contributed by atoms with Crippen LogP contribution < -0.4 is 10.2 Å². The predicted molar refractivity (Wildman–Crippen MR) is 121 cm³/mol. The Bertz CT molecular complexity index is 1120. The zero-order chi connectivity index (χ0) is 21.3. The van der Waals surface area contributed by atoms with E-state index in [1.165, 1.54) is 16.7 Å². The number of rotatable bonds is 4. The number of anilines is 2. The fourth-order valence-corrected chi connectivity index (χ4v) is 4.00. The number of hydrogen-bond donors (Lipinski definition) is 1. The van der Waals surface area contributed by atoms with E-state index in [9.17, 15) is 4.79 Å². The van der Waals surface area contributed by atoms with E-state index in [4.69, 9.17) is 0 Å². The van der Waals surface area contributed by atoms with Crippen molar-refractivity contribution < 1.29 is 4.79 Å². The van der Waals surface area contributed by atoms with Crippen LogP contribution in [0.4, 0.5) is 16.3 Å². The summed E-state index contributed by atoms with van der Waals surface area (Å²) >= 11 is 0. The first-order valence-corrected chi connectivity index (χ1v) is 10.3. The van der Waals surface area contributed by atoms with E-state index in [2.05, 4.69) is 64.5 Å². The molecule has 1 aromatic carbocycles. The number of nitrogens with zero attached hydrogens (tertiary/aromatic N) is 5. The highest BCUT2D eigenvalue weighted by atomic mass is 16.2. The van der Waals surface area contributed by atoms with Crippen LogP contribution in [0.5, 0.6) is 0 Å². The molecule has 30 heavy (non-hydrogen) atoms. The smallest absolute Gasteiger partial charge is 0.317 e. The molecule has 0 aliphatic carbocycles. The second kappa shape index (κ2) is 8.18. The third-order valence-electron chi connectivity index (χ3n) is 5.84. The molecular formula is C23H28N6O. The van der Waals surface area contributed by atoms with Crippen molar-refractivity contribution in [3.05, 3.63) is 54.0 Å². The second-order valence-electron chi connectivity index (χ2n) is 7.62. The van der Waals surface area contributed by atoms with Crippen LogP contribution in [0.1, 0.15) is 24.5 Å². The Morgan fingerprint density at radius 2 is 2.10 bits per heavy atom. The Morgan fingerprint density at radius 1 is 1.27 bits per heavy atom. The van der Waals surface area contributed by atoms with Crippen LogP contribution in [0.15, 0.2) is 42.9 Å². The topological polar surface area (TPSA) is 66.3 Å². The van der Waals surface area contributed by atoms with Crippen molar-refractivity contribution in [3.8, 4) is 0 Å². The number of amides is 2. The second-order valence-corrected chi connectivity index (χ2v) is 7.62. The molecular weight excluding hydrogens is 376 g/mol. The van der Waals surface area contributed by atoms with E-state index in [-0.39, 0.29) is 6.03 Å². The number of carbonyl (C=O) groups is 1. The lowest BCUT2D eigenvalue weighted by molar-refractivity contribution is 0.205. The third-order valence-corrected chi connectivity index (χ3v) is 5.84. The maximum Gasteiger partial charge on any atom is 0.317 e. The van der Waals surface area contributed by atoms with Crippen molar-refractivity contribution in [2.75, 3.05) is 32.1 Å². The zero-order valence-corrected chi connectivity index (χ0v) is 18.0. The van der Waals surface area contributed by atoms with Crippen LogP contribution in [0.3, 0.4) is 0 Å². The molecule has 1 N–H and O–H groups in total. The lowest BCUT2D eigenvalue weighted by atomic mass is 9.96. The van der Waals surface area contributed by atoms with Gasteiger partial charge in [0, 0.05) is 46.0 Å². The van der Waals surface area contributed by atoms with E-state index < -0.39 is 0 Å². The Morgan fingerprint density at radius 3 is 2.80 bits per heavy atom. The molecule has 0 spiro atoms. The normalized spacial score (nSPS) is 14.0. The number of aromatic nitrogens is 3. The molecule has 2 aromatic heterocycles. The molecule has 0 saturated carbocycles. The van der Waals surface area contributed by atoms with Crippen LogP contribution >= 0.6 is 0 Å². The van der Waals surface area contributed by atoms with Gasteiger partial charge >= 0.3 is 6.03 Å². The maximum atomic E-state index is 11.8. The van der Waals surface area contributed by atoms with Gasteiger partial charge in [0.15, 0.2) is 0 Å². The van der Waals surface area contributed by atoms with E-state index in [1.54, 1.807) is 7.05 Å². The van der Waals surface area contributed by atoms with Gasteiger partial charge in [-0.05, 0) is 41.7 Å². The summed E-state index contributed by atoms with van der Waals surface area (Å²) in [6, 6.07) is 8.68. The summed E-state index contributed by atoms with van der Waals surface area (Å²) in [5, 5.41) is 2.70. The van der Waals surface area contributed by atoms with Gasteiger partial charge in [0.05, 0.1) is 18.0 Å². The number of pyridine rings is 1. The molecule has 3 aromatic rings. The first kappa shape index (κ1) is 19.9. The molecule has 0 saturated heterocycles. The summed E-state index contributed by atoms with van der Waals surface area (Å²) in [6.45, 7) is 3.56. The Labute approximate surface area is 177 Å². The van der Waals surface area contributed by atoms with Crippen molar-refractivity contribution in [3.63, 3.8) is 0 Å².